The standard InChI is InChI=1S/C30H36N2O3/c1-5-34-26-16-12-24(13-17-26)29-21(3)28(31-33)22(4)30(25-14-18-27(19-15-25)35-6-2)32(29)20-23-10-8-7-9-11-23/h7-19,21-22,29-30,33H,5-6,20H2,1-4H3. The van der Waals surface area contributed by atoms with Crippen LogP contribution in [0.5, 0.6) is 11.5 Å². The Bertz CT molecular complexity index is 1030. The number of hydrogen-bond acceptors (Lipinski definition) is 5. The molecule has 5 nitrogen and oxygen atoms in total. The molecular formula is C30H36N2O3. The minimum absolute atomic E-state index is 0.0320. The Morgan fingerprint density at radius 3 is 1.57 bits per heavy atom. The molecule has 1 N–H and O–H groups in total. The lowest BCUT2D eigenvalue weighted by molar-refractivity contribution is 0.0596. The van der Waals surface area contributed by atoms with Gasteiger partial charge in [-0.2, -0.15) is 0 Å². The van der Waals surface area contributed by atoms with E-state index >= 15 is 0 Å². The topological polar surface area (TPSA) is 54.3 Å². The Labute approximate surface area is 209 Å². The summed E-state index contributed by atoms with van der Waals surface area (Å²) in [4.78, 5) is 2.56. The Kier molecular flexibility index (Phi) is 8.09. The highest BCUT2D eigenvalue weighted by Crippen LogP contribution is 2.47. The lowest BCUT2D eigenvalue weighted by Crippen LogP contribution is -2.49. The van der Waals surface area contributed by atoms with Crippen LogP contribution in [0.25, 0.3) is 0 Å². The van der Waals surface area contributed by atoms with Crippen LogP contribution >= 0.6 is 0 Å². The molecule has 4 unspecified atom stereocenters. The van der Waals surface area contributed by atoms with Crippen LogP contribution in [-0.2, 0) is 6.54 Å². The molecular weight excluding hydrogens is 436 g/mol. The number of piperidine rings is 1. The summed E-state index contributed by atoms with van der Waals surface area (Å²) >= 11 is 0. The fourth-order valence-electron chi connectivity index (χ4n) is 5.47. The van der Waals surface area contributed by atoms with Gasteiger partial charge in [-0.05, 0) is 54.8 Å². The monoisotopic (exact) mass is 472 g/mol. The van der Waals surface area contributed by atoms with Crippen LogP contribution in [0.2, 0.25) is 0 Å². The van der Waals surface area contributed by atoms with E-state index in [1.165, 1.54) is 16.7 Å². The summed E-state index contributed by atoms with van der Waals surface area (Å²) < 4.78 is 11.4. The fraction of sp³-hybridized carbons (Fsp3) is 0.367. The minimum Gasteiger partial charge on any atom is -0.494 e. The molecule has 0 aromatic heterocycles. The van der Waals surface area contributed by atoms with E-state index in [2.05, 4.69) is 78.5 Å². The largest absolute Gasteiger partial charge is 0.494 e. The highest BCUT2D eigenvalue weighted by Gasteiger charge is 2.45. The van der Waals surface area contributed by atoms with Crippen LogP contribution < -0.4 is 9.47 Å². The lowest BCUT2D eigenvalue weighted by atomic mass is 9.73. The van der Waals surface area contributed by atoms with Gasteiger partial charge in [-0.15, -0.1) is 0 Å². The molecule has 0 aliphatic carbocycles. The van der Waals surface area contributed by atoms with E-state index in [0.717, 1.165) is 23.8 Å². The highest BCUT2D eigenvalue weighted by atomic mass is 16.5. The first-order valence-electron chi connectivity index (χ1n) is 12.5. The maximum atomic E-state index is 10.1. The third kappa shape index (κ3) is 5.35. The average Bonchev–Trinajstić information content (AvgIpc) is 2.87. The van der Waals surface area contributed by atoms with Gasteiger partial charge in [0.15, 0.2) is 0 Å². The van der Waals surface area contributed by atoms with E-state index in [1.807, 2.05) is 38.1 Å². The number of hydrogen-bond donors (Lipinski definition) is 1. The van der Waals surface area contributed by atoms with Gasteiger partial charge in [-0.1, -0.05) is 73.6 Å². The molecule has 3 aromatic carbocycles. The van der Waals surface area contributed by atoms with E-state index in [-0.39, 0.29) is 23.9 Å². The summed E-state index contributed by atoms with van der Waals surface area (Å²) in [6, 6.07) is 27.4. The quantitative estimate of drug-likeness (QED) is 0.287. The normalized spacial score (nSPS) is 22.6. The summed E-state index contributed by atoms with van der Waals surface area (Å²) in [7, 11) is 0. The first kappa shape index (κ1) is 24.8. The van der Waals surface area contributed by atoms with Crippen molar-refractivity contribution < 1.29 is 14.7 Å². The molecule has 0 spiro atoms. The third-order valence-corrected chi connectivity index (χ3v) is 6.98. The summed E-state index contributed by atoms with van der Waals surface area (Å²) in [6.45, 7) is 10.4. The molecule has 1 fully saturated rings. The molecule has 35 heavy (non-hydrogen) atoms. The van der Waals surface area contributed by atoms with Crippen LogP contribution in [0.3, 0.4) is 0 Å². The first-order valence-corrected chi connectivity index (χ1v) is 12.5. The van der Waals surface area contributed by atoms with Crippen molar-refractivity contribution in [2.75, 3.05) is 13.2 Å². The second kappa shape index (κ2) is 11.4. The van der Waals surface area contributed by atoms with Crippen molar-refractivity contribution in [1.29, 1.82) is 0 Å². The van der Waals surface area contributed by atoms with Crippen molar-refractivity contribution in [3.05, 3.63) is 95.6 Å². The van der Waals surface area contributed by atoms with Gasteiger partial charge in [0.05, 0.1) is 18.9 Å². The molecule has 1 aliphatic heterocycles. The predicted molar refractivity (Wildman–Crippen MR) is 140 cm³/mol. The number of ether oxygens (including phenoxy) is 2. The van der Waals surface area contributed by atoms with Crippen LogP contribution in [0, 0.1) is 11.8 Å². The first-order chi connectivity index (χ1) is 17.1. The Hall–Kier alpha value is -3.31. The van der Waals surface area contributed by atoms with E-state index in [1.54, 1.807) is 0 Å². The second-order valence-electron chi connectivity index (χ2n) is 9.15. The van der Waals surface area contributed by atoms with Crippen molar-refractivity contribution in [2.45, 2.75) is 46.3 Å². The minimum atomic E-state index is 0.0320. The SMILES string of the molecule is CCOc1ccc(C2C(C)C(=NO)C(C)C(c3ccc(OCC)cc3)N2Cc2ccccc2)cc1. The predicted octanol–water partition coefficient (Wildman–Crippen LogP) is 6.88. The molecule has 0 amide bonds. The van der Waals surface area contributed by atoms with Gasteiger partial charge >= 0.3 is 0 Å². The number of nitrogens with zero attached hydrogens (tertiary/aromatic N) is 2. The van der Waals surface area contributed by atoms with E-state index < -0.39 is 0 Å². The molecule has 1 heterocycles. The average molecular weight is 473 g/mol. The van der Waals surface area contributed by atoms with Crippen LogP contribution in [0.1, 0.15) is 56.5 Å². The fourth-order valence-corrected chi connectivity index (χ4v) is 5.47. The summed E-state index contributed by atoms with van der Waals surface area (Å²) in [5, 5.41) is 13.9. The summed E-state index contributed by atoms with van der Waals surface area (Å²) in [5.74, 6) is 1.80. The van der Waals surface area contributed by atoms with E-state index in [4.69, 9.17) is 9.47 Å². The van der Waals surface area contributed by atoms with Crippen molar-refractivity contribution in [3.8, 4) is 11.5 Å². The van der Waals surface area contributed by atoms with Gasteiger partial charge in [0.1, 0.15) is 11.5 Å². The van der Waals surface area contributed by atoms with Crippen molar-refractivity contribution in [3.63, 3.8) is 0 Å². The molecule has 3 aromatic rings. The molecule has 4 rings (SSSR count). The number of likely N-dealkylation sites (tertiary alicyclic amines) is 1. The van der Waals surface area contributed by atoms with Gasteiger partial charge in [0.2, 0.25) is 0 Å². The van der Waals surface area contributed by atoms with E-state index in [9.17, 15) is 5.21 Å². The molecule has 0 saturated carbocycles. The Morgan fingerprint density at radius 1 is 0.714 bits per heavy atom. The zero-order chi connectivity index (χ0) is 24.8. The van der Waals surface area contributed by atoms with Crippen LogP contribution in [0.4, 0.5) is 0 Å². The number of rotatable bonds is 8. The molecule has 0 radical (unpaired) electrons. The van der Waals surface area contributed by atoms with E-state index in [0.29, 0.717) is 13.2 Å². The number of oxime groups is 1. The maximum Gasteiger partial charge on any atom is 0.119 e. The van der Waals surface area contributed by atoms with Crippen molar-refractivity contribution >= 4 is 5.71 Å². The zero-order valence-electron chi connectivity index (χ0n) is 21.1. The highest BCUT2D eigenvalue weighted by molar-refractivity contribution is 5.90. The zero-order valence-corrected chi connectivity index (χ0v) is 21.1. The Balaban J connectivity index is 1.81. The summed E-state index contributed by atoms with van der Waals surface area (Å²) in [5.41, 5.74) is 4.44. The molecule has 5 heteroatoms. The van der Waals surface area contributed by atoms with Crippen molar-refractivity contribution in [1.82, 2.24) is 4.90 Å². The molecule has 1 saturated heterocycles. The van der Waals surface area contributed by atoms with Gasteiger partial charge in [-0.25, -0.2) is 0 Å². The summed E-state index contributed by atoms with van der Waals surface area (Å²) in [6.07, 6.45) is 0. The van der Waals surface area contributed by atoms with Crippen LogP contribution in [-0.4, -0.2) is 29.0 Å². The van der Waals surface area contributed by atoms with Crippen molar-refractivity contribution in [2.24, 2.45) is 17.0 Å². The Morgan fingerprint density at radius 2 is 1.17 bits per heavy atom. The molecule has 184 valence electrons. The molecule has 1 aliphatic rings. The van der Waals surface area contributed by atoms with Crippen LogP contribution in [0.15, 0.2) is 84.0 Å². The van der Waals surface area contributed by atoms with Gasteiger partial charge in [0.25, 0.3) is 0 Å². The second-order valence-corrected chi connectivity index (χ2v) is 9.15. The maximum absolute atomic E-state index is 10.1. The van der Waals surface area contributed by atoms with Gasteiger partial charge < -0.3 is 14.7 Å². The van der Waals surface area contributed by atoms with Gasteiger partial charge in [-0.3, -0.25) is 4.90 Å². The smallest absolute Gasteiger partial charge is 0.119 e. The third-order valence-electron chi connectivity index (χ3n) is 6.98. The lowest BCUT2D eigenvalue weighted by Gasteiger charge is -2.49. The molecule has 0 bridgehead atoms. The van der Waals surface area contributed by atoms with Gasteiger partial charge in [0, 0.05) is 30.5 Å². The number of benzene rings is 3. The molecule has 4 atom stereocenters.